The first kappa shape index (κ1) is 36.9. The van der Waals surface area contributed by atoms with Crippen LogP contribution in [0.4, 0.5) is 13.6 Å². The number of hydrogen-bond acceptors (Lipinski definition) is 11. The second-order valence-corrected chi connectivity index (χ2v) is 16.2. The molecule has 5 rings (SSSR count). The number of nitrogens with zero attached hydrogens (tertiary/aromatic N) is 5. The third kappa shape index (κ3) is 7.97. The molecule has 2 aliphatic carbocycles. The van der Waals surface area contributed by atoms with Crippen LogP contribution in [0.25, 0.3) is 11.4 Å². The van der Waals surface area contributed by atoms with Crippen molar-refractivity contribution in [1.29, 1.82) is 0 Å². The lowest BCUT2D eigenvalue weighted by Gasteiger charge is -2.31. The van der Waals surface area contributed by atoms with Crippen molar-refractivity contribution in [3.63, 3.8) is 0 Å². The van der Waals surface area contributed by atoms with Crippen molar-refractivity contribution in [2.75, 3.05) is 13.7 Å². The van der Waals surface area contributed by atoms with Gasteiger partial charge in [0.15, 0.2) is 0 Å². The average molecular weight is 725 g/mol. The number of alkyl halides is 2. The van der Waals surface area contributed by atoms with Gasteiger partial charge in [0.2, 0.25) is 34.1 Å². The molecular formula is C31H42F2N8O8S. The molecule has 50 heavy (non-hydrogen) atoms. The predicted octanol–water partition coefficient (Wildman–Crippen LogP) is 1.79. The Kier molecular flexibility index (Phi) is 10.1. The van der Waals surface area contributed by atoms with E-state index in [0.29, 0.717) is 24.2 Å². The van der Waals surface area contributed by atoms with E-state index in [-0.39, 0.29) is 18.8 Å². The molecule has 1 unspecified atom stereocenters. The molecule has 3 N–H and O–H groups in total. The fraction of sp³-hybridized carbons (Fsp3) is 0.645. The van der Waals surface area contributed by atoms with Gasteiger partial charge in [0.1, 0.15) is 29.0 Å². The molecule has 2 aromatic rings. The molecule has 2 heterocycles. The van der Waals surface area contributed by atoms with Gasteiger partial charge in [0.25, 0.3) is 5.91 Å². The number of benzene rings is 1. The van der Waals surface area contributed by atoms with Crippen molar-refractivity contribution in [3.05, 3.63) is 24.3 Å². The number of aromatic nitrogens is 4. The third-order valence-electron chi connectivity index (χ3n) is 8.84. The van der Waals surface area contributed by atoms with Gasteiger partial charge in [-0.05, 0) is 75.4 Å². The Labute approximate surface area is 288 Å². The van der Waals surface area contributed by atoms with Gasteiger partial charge in [-0.2, -0.15) is 4.80 Å². The monoisotopic (exact) mass is 724 g/mol. The quantitative estimate of drug-likeness (QED) is 0.288. The van der Waals surface area contributed by atoms with Gasteiger partial charge >= 0.3 is 6.09 Å². The topological polar surface area (TPSA) is 204 Å². The number of carbonyl (C=O) groups is 4. The number of nitrogens with one attached hydrogen (secondary N) is 3. The second-order valence-electron chi connectivity index (χ2n) is 14.2. The van der Waals surface area contributed by atoms with Gasteiger partial charge in [-0.15, -0.1) is 10.2 Å². The van der Waals surface area contributed by atoms with Gasteiger partial charge in [0.05, 0.1) is 24.3 Å². The number of halogens is 2. The SMILES string of the molecule is COc1ccc(-c2nnn([C@@H]3CC(C(=O)N[C@]4(C(=O)NS(=O)(=O)C5CC5)C[C@H]4C(F)F)N(C(=O)[C@@H](NC(=O)OC(C)(C)C)C(C)C)C3)n2)cc1. The number of amides is 4. The van der Waals surface area contributed by atoms with E-state index in [9.17, 15) is 36.4 Å². The van der Waals surface area contributed by atoms with Crippen LogP contribution in [0.1, 0.15) is 66.3 Å². The highest BCUT2D eigenvalue weighted by molar-refractivity contribution is 7.91. The Balaban J connectivity index is 1.43. The molecule has 0 radical (unpaired) electrons. The summed E-state index contributed by atoms with van der Waals surface area (Å²) in [5, 5.41) is 16.8. The Morgan fingerprint density at radius 3 is 2.28 bits per heavy atom. The van der Waals surface area contributed by atoms with Crippen LogP contribution in [0, 0.1) is 11.8 Å². The van der Waals surface area contributed by atoms with Crippen LogP contribution in [0.15, 0.2) is 24.3 Å². The number of methoxy groups -OCH3 is 1. The van der Waals surface area contributed by atoms with Crippen LogP contribution in [0.5, 0.6) is 5.75 Å². The zero-order valence-electron chi connectivity index (χ0n) is 28.6. The minimum absolute atomic E-state index is 0.120. The number of tetrazole rings is 1. The number of alkyl carbamates (subject to hydrolysis) is 1. The van der Waals surface area contributed by atoms with E-state index in [1.54, 1.807) is 58.9 Å². The molecule has 3 fully saturated rings. The maximum Gasteiger partial charge on any atom is 0.408 e. The lowest BCUT2D eigenvalue weighted by atomic mass is 10.0. The van der Waals surface area contributed by atoms with Crippen LogP contribution >= 0.6 is 0 Å². The molecule has 274 valence electrons. The molecule has 5 atom stereocenters. The summed E-state index contributed by atoms with van der Waals surface area (Å²) >= 11 is 0. The van der Waals surface area contributed by atoms with E-state index in [2.05, 4.69) is 26.0 Å². The van der Waals surface area contributed by atoms with Crippen molar-refractivity contribution < 1.29 is 45.9 Å². The highest BCUT2D eigenvalue weighted by atomic mass is 32.2. The first-order chi connectivity index (χ1) is 23.3. The first-order valence-electron chi connectivity index (χ1n) is 16.3. The van der Waals surface area contributed by atoms with E-state index in [1.165, 1.54) is 16.8 Å². The van der Waals surface area contributed by atoms with Crippen LogP contribution < -0.4 is 20.1 Å². The highest BCUT2D eigenvalue weighted by Crippen LogP contribution is 2.48. The van der Waals surface area contributed by atoms with Crippen molar-refractivity contribution in [1.82, 2.24) is 40.5 Å². The Hall–Kier alpha value is -4.42. The van der Waals surface area contributed by atoms with Crippen molar-refractivity contribution in [3.8, 4) is 17.1 Å². The number of rotatable bonds is 12. The van der Waals surface area contributed by atoms with E-state index in [0.717, 1.165) is 0 Å². The standard InChI is InChI=1S/C31H42F2N8O8S/c1-16(2)23(34-29(45)49-30(3,4)5)27(43)40-15-18(41-37-25(36-39-41)17-7-9-19(48-6)10-8-17)13-22(40)26(42)35-31(14-21(31)24(32)33)28(44)38-50(46,47)20-11-12-20/h7-10,16,18,20-24H,11-15H2,1-6H3,(H,34,45)(H,35,42)(H,38,44)/t18-,21+,22?,23+,31-/m1/s1. The number of hydrogen-bond donors (Lipinski definition) is 3. The number of sulfonamides is 1. The highest BCUT2D eigenvalue weighted by Gasteiger charge is 2.66. The number of ether oxygens (including phenoxy) is 2. The molecule has 2 saturated carbocycles. The van der Waals surface area contributed by atoms with Gasteiger partial charge in [-0.3, -0.25) is 19.1 Å². The third-order valence-corrected chi connectivity index (χ3v) is 10.7. The summed E-state index contributed by atoms with van der Waals surface area (Å²) in [6.45, 7) is 8.17. The molecule has 1 aromatic carbocycles. The minimum Gasteiger partial charge on any atom is -0.497 e. The fourth-order valence-electron chi connectivity index (χ4n) is 5.87. The lowest BCUT2D eigenvalue weighted by Crippen LogP contribution is -2.59. The largest absolute Gasteiger partial charge is 0.497 e. The van der Waals surface area contributed by atoms with Crippen molar-refractivity contribution >= 4 is 33.8 Å². The normalized spacial score (nSPS) is 24.1. The zero-order chi connectivity index (χ0) is 36.8. The van der Waals surface area contributed by atoms with Gasteiger partial charge in [-0.1, -0.05) is 13.8 Å². The minimum atomic E-state index is -4.12. The van der Waals surface area contributed by atoms with Gasteiger partial charge in [0, 0.05) is 18.5 Å². The summed E-state index contributed by atoms with van der Waals surface area (Å²) in [5.74, 6) is -4.18. The fourth-order valence-corrected chi connectivity index (χ4v) is 7.24. The van der Waals surface area contributed by atoms with E-state index < -0.39 is 93.0 Å². The summed E-state index contributed by atoms with van der Waals surface area (Å²) in [4.78, 5) is 56.5. The molecule has 1 aromatic heterocycles. The Morgan fingerprint density at radius 1 is 1.08 bits per heavy atom. The molecule has 19 heteroatoms. The summed E-state index contributed by atoms with van der Waals surface area (Å²) < 4.78 is 65.4. The van der Waals surface area contributed by atoms with E-state index >= 15 is 0 Å². The van der Waals surface area contributed by atoms with Gasteiger partial charge in [-0.25, -0.2) is 22.0 Å². The molecule has 0 bridgehead atoms. The predicted molar refractivity (Wildman–Crippen MR) is 172 cm³/mol. The molecule has 3 aliphatic rings. The molecule has 0 spiro atoms. The van der Waals surface area contributed by atoms with Gasteiger partial charge < -0.3 is 25.0 Å². The Morgan fingerprint density at radius 2 is 1.74 bits per heavy atom. The summed E-state index contributed by atoms with van der Waals surface area (Å²) in [6.07, 6.45) is -3.88. The van der Waals surface area contributed by atoms with Crippen LogP contribution in [0.2, 0.25) is 0 Å². The van der Waals surface area contributed by atoms with Crippen LogP contribution in [0.3, 0.4) is 0 Å². The lowest BCUT2D eigenvalue weighted by molar-refractivity contribution is -0.142. The first-order valence-corrected chi connectivity index (χ1v) is 17.8. The van der Waals surface area contributed by atoms with Crippen LogP contribution in [-0.2, 0) is 29.1 Å². The zero-order valence-corrected chi connectivity index (χ0v) is 29.4. The number of carbonyl (C=O) groups excluding carboxylic acids is 4. The van der Waals surface area contributed by atoms with Crippen LogP contribution in [-0.4, -0.2) is 106 Å². The molecule has 1 saturated heterocycles. The summed E-state index contributed by atoms with van der Waals surface area (Å²) in [7, 11) is -2.59. The smallest absolute Gasteiger partial charge is 0.408 e. The molecule has 16 nitrogen and oxygen atoms in total. The van der Waals surface area contributed by atoms with Crippen molar-refractivity contribution in [2.45, 2.75) is 101 Å². The number of likely N-dealkylation sites (tertiary alicyclic amines) is 1. The maximum absolute atomic E-state index is 14.1. The Bertz CT molecular complexity index is 1730. The maximum atomic E-state index is 14.1. The molecule has 1 aliphatic heterocycles. The molecule has 4 amide bonds. The van der Waals surface area contributed by atoms with E-state index in [1.807, 2.05) is 4.72 Å². The second kappa shape index (κ2) is 13.7. The molecular weight excluding hydrogens is 682 g/mol. The summed E-state index contributed by atoms with van der Waals surface area (Å²) in [5.41, 5.74) is -2.47. The average Bonchev–Trinajstić information content (AvgIpc) is 3.92. The van der Waals surface area contributed by atoms with E-state index in [4.69, 9.17) is 9.47 Å². The van der Waals surface area contributed by atoms with Crippen molar-refractivity contribution in [2.24, 2.45) is 11.8 Å². The summed E-state index contributed by atoms with van der Waals surface area (Å²) in [6, 6.07) is 3.60.